The predicted octanol–water partition coefficient (Wildman–Crippen LogP) is 3.87. The van der Waals surface area contributed by atoms with Crippen molar-refractivity contribution < 1.29 is 0 Å². The summed E-state index contributed by atoms with van der Waals surface area (Å²) in [6, 6.07) is 9.42. The molecule has 0 unspecified atom stereocenters. The zero-order valence-corrected chi connectivity index (χ0v) is 16.0. The van der Waals surface area contributed by atoms with E-state index in [0.717, 1.165) is 19.1 Å². The van der Waals surface area contributed by atoms with Crippen LogP contribution in [0.5, 0.6) is 0 Å². The van der Waals surface area contributed by atoms with Gasteiger partial charge in [-0.1, -0.05) is 12.1 Å². The third-order valence-electron chi connectivity index (χ3n) is 5.72. The van der Waals surface area contributed by atoms with Gasteiger partial charge in [-0.2, -0.15) is 0 Å². The van der Waals surface area contributed by atoms with Gasteiger partial charge in [0.2, 0.25) is 0 Å². The van der Waals surface area contributed by atoms with Gasteiger partial charge in [0.25, 0.3) is 0 Å². The minimum Gasteiger partial charge on any atom is -0.383 e. The van der Waals surface area contributed by atoms with Crippen molar-refractivity contribution in [3.63, 3.8) is 0 Å². The van der Waals surface area contributed by atoms with Crippen LogP contribution >= 0.6 is 0 Å². The van der Waals surface area contributed by atoms with Crippen LogP contribution in [-0.4, -0.2) is 61.7 Å². The number of rotatable bonds is 10. The van der Waals surface area contributed by atoms with E-state index in [1.54, 1.807) is 0 Å². The number of nitrogens with zero attached hydrogens (tertiary/aromatic N) is 2. The van der Waals surface area contributed by atoms with Crippen LogP contribution in [0.15, 0.2) is 24.3 Å². The maximum absolute atomic E-state index is 3.63. The molecule has 0 aliphatic carbocycles. The number of likely N-dealkylation sites (tertiary alicyclic amines) is 2. The van der Waals surface area contributed by atoms with Crippen molar-refractivity contribution in [1.29, 1.82) is 0 Å². The second-order valence-electron chi connectivity index (χ2n) is 7.68. The van der Waals surface area contributed by atoms with Crippen LogP contribution in [0, 0.1) is 0 Å². The number of hydrogen-bond acceptors (Lipinski definition) is 4. The summed E-state index contributed by atoms with van der Waals surface area (Å²) >= 11 is 0. The van der Waals surface area contributed by atoms with Gasteiger partial charge in [0.15, 0.2) is 0 Å². The molecule has 2 fully saturated rings. The quantitative estimate of drug-likeness (QED) is 0.631. The fraction of sp³-hybridized carbons (Fsp3) is 0.714. The Morgan fingerprint density at radius 3 is 2.12 bits per heavy atom. The second kappa shape index (κ2) is 10.0. The molecule has 0 bridgehead atoms. The average molecular weight is 345 g/mol. The Hall–Kier alpha value is -1.26. The van der Waals surface area contributed by atoms with E-state index in [4.69, 9.17) is 0 Å². The number of benzene rings is 1. The van der Waals surface area contributed by atoms with E-state index < -0.39 is 0 Å². The number of hydrogen-bond donors (Lipinski definition) is 2. The zero-order valence-electron chi connectivity index (χ0n) is 16.0. The van der Waals surface area contributed by atoms with Crippen molar-refractivity contribution in [3.05, 3.63) is 24.3 Å². The van der Waals surface area contributed by atoms with Crippen molar-refractivity contribution >= 4 is 11.4 Å². The van der Waals surface area contributed by atoms with Crippen LogP contribution in [0.25, 0.3) is 0 Å². The van der Waals surface area contributed by atoms with Gasteiger partial charge in [0.05, 0.1) is 11.4 Å². The summed E-state index contributed by atoms with van der Waals surface area (Å²) in [6.07, 6.45) is 7.96. The SMILES string of the molecule is C[C@H]1CCCN1CCCNc1ccccc1NCCCN1CCCC1. The van der Waals surface area contributed by atoms with Gasteiger partial charge in [0, 0.05) is 25.7 Å². The molecule has 0 saturated carbocycles. The Labute approximate surface area is 154 Å². The topological polar surface area (TPSA) is 30.5 Å². The fourth-order valence-electron chi connectivity index (χ4n) is 4.15. The van der Waals surface area contributed by atoms with Crippen LogP contribution in [0.2, 0.25) is 0 Å². The highest BCUT2D eigenvalue weighted by molar-refractivity contribution is 5.68. The number of para-hydroxylation sites is 2. The van der Waals surface area contributed by atoms with E-state index >= 15 is 0 Å². The van der Waals surface area contributed by atoms with Gasteiger partial charge in [0.1, 0.15) is 0 Å². The lowest BCUT2D eigenvalue weighted by molar-refractivity contribution is 0.268. The standard InChI is InChI=1S/C21H36N4/c1-19-9-6-17-25(19)18-8-13-23-21-11-3-2-10-20(21)22-12-7-16-24-14-4-5-15-24/h2-3,10-11,19,22-23H,4-9,12-18H2,1H3/t19-/m0/s1. The van der Waals surface area contributed by atoms with E-state index in [0.29, 0.717) is 0 Å². The van der Waals surface area contributed by atoms with Crippen molar-refractivity contribution in [1.82, 2.24) is 9.80 Å². The van der Waals surface area contributed by atoms with Gasteiger partial charge in [-0.3, -0.25) is 0 Å². The summed E-state index contributed by atoms with van der Waals surface area (Å²) in [6.45, 7) is 10.8. The maximum Gasteiger partial charge on any atom is 0.0576 e. The maximum atomic E-state index is 3.63. The fourth-order valence-corrected chi connectivity index (χ4v) is 4.15. The molecule has 1 aromatic rings. The van der Waals surface area contributed by atoms with Crippen molar-refractivity contribution in [2.24, 2.45) is 0 Å². The van der Waals surface area contributed by atoms with Crippen molar-refractivity contribution in [2.45, 2.75) is 51.5 Å². The van der Waals surface area contributed by atoms with Gasteiger partial charge < -0.3 is 20.4 Å². The highest BCUT2D eigenvalue weighted by atomic mass is 15.2. The molecule has 2 heterocycles. The number of anilines is 2. The molecule has 0 radical (unpaired) electrons. The predicted molar refractivity (Wildman–Crippen MR) is 109 cm³/mol. The molecule has 2 N–H and O–H groups in total. The van der Waals surface area contributed by atoms with Crippen LogP contribution < -0.4 is 10.6 Å². The van der Waals surface area contributed by atoms with Crippen LogP contribution in [-0.2, 0) is 0 Å². The molecule has 4 nitrogen and oxygen atoms in total. The first-order valence-electron chi connectivity index (χ1n) is 10.4. The summed E-state index contributed by atoms with van der Waals surface area (Å²) in [5.74, 6) is 0. The molecule has 4 heteroatoms. The van der Waals surface area contributed by atoms with Gasteiger partial charge in [-0.15, -0.1) is 0 Å². The molecular weight excluding hydrogens is 308 g/mol. The molecule has 2 aliphatic rings. The highest BCUT2D eigenvalue weighted by Crippen LogP contribution is 2.21. The van der Waals surface area contributed by atoms with Crippen molar-refractivity contribution in [2.75, 3.05) is 56.4 Å². The Morgan fingerprint density at radius 1 is 0.880 bits per heavy atom. The summed E-state index contributed by atoms with van der Waals surface area (Å²) in [5, 5.41) is 7.26. The lowest BCUT2D eigenvalue weighted by atomic mass is 10.2. The summed E-state index contributed by atoms with van der Waals surface area (Å²) in [5.41, 5.74) is 2.50. The normalized spacial score (nSPS) is 21.7. The summed E-state index contributed by atoms with van der Waals surface area (Å²) < 4.78 is 0. The molecule has 25 heavy (non-hydrogen) atoms. The zero-order chi connectivity index (χ0) is 17.3. The highest BCUT2D eigenvalue weighted by Gasteiger charge is 2.18. The molecule has 0 spiro atoms. The molecule has 0 amide bonds. The third kappa shape index (κ3) is 5.89. The Morgan fingerprint density at radius 2 is 1.52 bits per heavy atom. The lowest BCUT2D eigenvalue weighted by Crippen LogP contribution is -2.29. The average Bonchev–Trinajstić information content (AvgIpc) is 3.28. The Bertz CT molecular complexity index is 498. The molecule has 3 rings (SSSR count). The molecule has 1 atom stereocenters. The minimum atomic E-state index is 0.782. The van der Waals surface area contributed by atoms with E-state index in [1.807, 2.05) is 0 Å². The Kier molecular flexibility index (Phi) is 7.43. The molecular formula is C21H36N4. The molecule has 1 aromatic carbocycles. The largest absolute Gasteiger partial charge is 0.383 e. The van der Waals surface area contributed by atoms with Gasteiger partial charge in [-0.25, -0.2) is 0 Å². The van der Waals surface area contributed by atoms with E-state index in [9.17, 15) is 0 Å². The second-order valence-corrected chi connectivity index (χ2v) is 7.68. The first kappa shape index (κ1) is 18.5. The van der Waals surface area contributed by atoms with Gasteiger partial charge >= 0.3 is 0 Å². The molecule has 140 valence electrons. The smallest absolute Gasteiger partial charge is 0.0576 e. The molecule has 0 aromatic heterocycles. The van der Waals surface area contributed by atoms with Crippen LogP contribution in [0.3, 0.4) is 0 Å². The summed E-state index contributed by atoms with van der Waals surface area (Å²) in [7, 11) is 0. The number of nitrogens with one attached hydrogen (secondary N) is 2. The van der Waals surface area contributed by atoms with E-state index in [1.165, 1.54) is 82.6 Å². The van der Waals surface area contributed by atoms with Gasteiger partial charge in [-0.05, 0) is 83.8 Å². The monoisotopic (exact) mass is 344 g/mol. The lowest BCUT2D eigenvalue weighted by Gasteiger charge is -2.21. The first-order valence-corrected chi connectivity index (χ1v) is 10.4. The van der Waals surface area contributed by atoms with Crippen molar-refractivity contribution in [3.8, 4) is 0 Å². The first-order chi connectivity index (χ1) is 12.3. The minimum absolute atomic E-state index is 0.782. The van der Waals surface area contributed by atoms with E-state index in [-0.39, 0.29) is 0 Å². The van der Waals surface area contributed by atoms with Crippen LogP contribution in [0.4, 0.5) is 11.4 Å². The molecule has 2 saturated heterocycles. The summed E-state index contributed by atoms with van der Waals surface area (Å²) in [4.78, 5) is 5.22. The van der Waals surface area contributed by atoms with E-state index in [2.05, 4.69) is 51.6 Å². The molecule has 2 aliphatic heterocycles. The van der Waals surface area contributed by atoms with Crippen LogP contribution in [0.1, 0.15) is 45.4 Å². The third-order valence-corrected chi connectivity index (χ3v) is 5.72. The Balaban J connectivity index is 1.35.